The van der Waals surface area contributed by atoms with Gasteiger partial charge in [-0.25, -0.2) is 0 Å². The van der Waals surface area contributed by atoms with Crippen LogP contribution in [0.5, 0.6) is 0 Å². The molecule has 0 bridgehead atoms. The second-order valence-corrected chi connectivity index (χ2v) is 7.09. The first-order valence-corrected chi connectivity index (χ1v) is 9.16. The molecule has 0 aromatic carbocycles. The van der Waals surface area contributed by atoms with E-state index >= 15 is 0 Å². The van der Waals surface area contributed by atoms with Crippen molar-refractivity contribution < 1.29 is 4.79 Å². The average Bonchev–Trinajstić information content (AvgIpc) is 2.93. The number of carbonyl (C=O) groups excluding carboxylic acids is 1. The van der Waals surface area contributed by atoms with Gasteiger partial charge in [-0.05, 0) is 25.0 Å². The second-order valence-electron chi connectivity index (χ2n) is 7.09. The van der Waals surface area contributed by atoms with Gasteiger partial charge in [-0.15, -0.1) is 10.2 Å². The number of fused-ring (bicyclic) bond motifs is 1. The molecule has 0 spiro atoms. The van der Waals surface area contributed by atoms with Crippen LogP contribution < -0.4 is 0 Å². The number of carbonyl (C=O) groups is 1. The Hall–Kier alpha value is -2.24. The van der Waals surface area contributed by atoms with Crippen LogP contribution in [-0.2, 0) is 17.6 Å². The Balaban J connectivity index is 1.76. The lowest BCUT2D eigenvalue weighted by atomic mass is 10.1. The maximum Gasteiger partial charge on any atom is 0.245 e. The number of likely N-dealkylation sites (N-methyl/N-ethyl adjacent to an activating group) is 1. The minimum Gasteiger partial charge on any atom is -0.344 e. The molecule has 2 aromatic rings. The quantitative estimate of drug-likeness (QED) is 0.839. The number of hydrogen-bond donors (Lipinski definition) is 0. The van der Waals surface area contributed by atoms with Gasteiger partial charge in [-0.3, -0.25) is 9.78 Å². The topological polar surface area (TPSA) is 63.9 Å². The van der Waals surface area contributed by atoms with E-state index in [4.69, 9.17) is 0 Å². The van der Waals surface area contributed by atoms with Crippen molar-refractivity contribution in [1.29, 1.82) is 0 Å². The van der Waals surface area contributed by atoms with Gasteiger partial charge in [-0.1, -0.05) is 26.3 Å². The summed E-state index contributed by atoms with van der Waals surface area (Å²) in [5, 5.41) is 8.71. The van der Waals surface area contributed by atoms with Gasteiger partial charge in [0, 0.05) is 44.2 Å². The number of pyridine rings is 1. The first-order valence-electron chi connectivity index (χ1n) is 9.16. The summed E-state index contributed by atoms with van der Waals surface area (Å²) in [5.41, 5.74) is 1.01. The van der Waals surface area contributed by atoms with Gasteiger partial charge in [-0.2, -0.15) is 0 Å². The molecule has 6 nitrogen and oxygen atoms in total. The zero-order valence-corrected chi connectivity index (χ0v) is 15.4. The van der Waals surface area contributed by atoms with Crippen molar-refractivity contribution in [3.63, 3.8) is 0 Å². The summed E-state index contributed by atoms with van der Waals surface area (Å²) in [6.45, 7) is 4.88. The van der Waals surface area contributed by atoms with Crippen molar-refractivity contribution in [1.82, 2.24) is 24.6 Å². The lowest BCUT2D eigenvalue weighted by Crippen LogP contribution is -2.36. The largest absolute Gasteiger partial charge is 0.344 e. The summed E-state index contributed by atoms with van der Waals surface area (Å²) in [7, 11) is 1.88. The van der Waals surface area contributed by atoms with Crippen LogP contribution in [0.1, 0.15) is 62.4 Å². The molecule has 0 fully saturated rings. The molecule has 0 saturated heterocycles. The molecular formula is C19H27N5O. The molecule has 25 heavy (non-hydrogen) atoms. The highest BCUT2D eigenvalue weighted by molar-refractivity contribution is 5.80. The maximum atomic E-state index is 13.1. The second kappa shape index (κ2) is 7.76. The molecule has 2 aromatic heterocycles. The van der Waals surface area contributed by atoms with Gasteiger partial charge in [0.15, 0.2) is 0 Å². The van der Waals surface area contributed by atoms with E-state index in [1.807, 2.05) is 30.1 Å². The predicted molar refractivity (Wildman–Crippen MR) is 96.3 cm³/mol. The van der Waals surface area contributed by atoms with Crippen molar-refractivity contribution >= 4 is 5.91 Å². The minimum atomic E-state index is -0.182. The highest BCUT2D eigenvalue weighted by Crippen LogP contribution is 2.28. The van der Waals surface area contributed by atoms with Crippen molar-refractivity contribution in [2.75, 3.05) is 13.6 Å². The Morgan fingerprint density at radius 1 is 1.32 bits per heavy atom. The zero-order chi connectivity index (χ0) is 17.8. The van der Waals surface area contributed by atoms with Crippen LogP contribution in [0.4, 0.5) is 0 Å². The van der Waals surface area contributed by atoms with E-state index in [9.17, 15) is 4.79 Å². The average molecular weight is 341 g/mol. The van der Waals surface area contributed by atoms with Crippen LogP contribution in [0.25, 0.3) is 0 Å². The summed E-state index contributed by atoms with van der Waals surface area (Å²) in [4.78, 5) is 19.3. The fourth-order valence-corrected chi connectivity index (χ4v) is 3.42. The molecule has 0 saturated carbocycles. The summed E-state index contributed by atoms with van der Waals surface area (Å²) in [6, 6.07) is 5.70. The van der Waals surface area contributed by atoms with E-state index in [1.165, 1.54) is 0 Å². The SMILES string of the molecule is CC(C)c1nnc2n1C(C(=O)N(C)CCc1ccccn1)CCCC2. The molecule has 3 rings (SSSR count). The number of rotatable bonds is 5. The Labute approximate surface area is 149 Å². The first kappa shape index (κ1) is 17.6. The van der Waals surface area contributed by atoms with Crippen molar-refractivity contribution in [2.24, 2.45) is 0 Å². The number of amides is 1. The molecule has 0 aliphatic carbocycles. The molecule has 1 aliphatic rings. The zero-order valence-electron chi connectivity index (χ0n) is 15.4. The van der Waals surface area contributed by atoms with Crippen LogP contribution in [0.2, 0.25) is 0 Å². The first-order chi connectivity index (χ1) is 12.1. The van der Waals surface area contributed by atoms with E-state index in [-0.39, 0.29) is 17.9 Å². The van der Waals surface area contributed by atoms with Crippen molar-refractivity contribution in [3.05, 3.63) is 41.7 Å². The monoisotopic (exact) mass is 341 g/mol. The van der Waals surface area contributed by atoms with Gasteiger partial charge >= 0.3 is 0 Å². The van der Waals surface area contributed by atoms with E-state index in [1.54, 1.807) is 6.20 Å². The Bertz CT molecular complexity index is 710. The molecule has 134 valence electrons. The third-order valence-electron chi connectivity index (χ3n) is 4.84. The van der Waals surface area contributed by atoms with Gasteiger partial charge in [0.25, 0.3) is 0 Å². The molecular weight excluding hydrogens is 314 g/mol. The molecule has 1 atom stereocenters. The molecule has 0 N–H and O–H groups in total. The summed E-state index contributed by atoms with van der Waals surface area (Å²) in [5.74, 6) is 2.29. The van der Waals surface area contributed by atoms with Crippen LogP contribution in [0.3, 0.4) is 0 Å². The van der Waals surface area contributed by atoms with Crippen molar-refractivity contribution in [3.8, 4) is 0 Å². The molecule has 1 amide bonds. The van der Waals surface area contributed by atoms with Crippen molar-refractivity contribution in [2.45, 2.75) is 57.9 Å². The van der Waals surface area contributed by atoms with E-state index < -0.39 is 0 Å². The van der Waals surface area contributed by atoms with E-state index in [0.29, 0.717) is 6.54 Å². The fourth-order valence-electron chi connectivity index (χ4n) is 3.42. The highest BCUT2D eigenvalue weighted by Gasteiger charge is 2.31. The van der Waals surface area contributed by atoms with Gasteiger partial charge in [0.05, 0.1) is 0 Å². The fraction of sp³-hybridized carbons (Fsp3) is 0.579. The van der Waals surface area contributed by atoms with Crippen LogP contribution >= 0.6 is 0 Å². The lowest BCUT2D eigenvalue weighted by Gasteiger charge is -2.26. The number of nitrogens with zero attached hydrogens (tertiary/aromatic N) is 5. The summed E-state index contributed by atoms with van der Waals surface area (Å²) in [6.07, 6.45) is 6.43. The molecule has 1 unspecified atom stereocenters. The number of hydrogen-bond acceptors (Lipinski definition) is 4. The molecule has 0 radical (unpaired) electrons. The van der Waals surface area contributed by atoms with Gasteiger partial charge < -0.3 is 9.47 Å². The van der Waals surface area contributed by atoms with E-state index in [2.05, 4.69) is 33.6 Å². The Kier molecular flexibility index (Phi) is 5.46. The van der Waals surface area contributed by atoms with Crippen LogP contribution in [0.15, 0.2) is 24.4 Å². The number of aryl methyl sites for hydroxylation is 1. The molecule has 1 aliphatic heterocycles. The summed E-state index contributed by atoms with van der Waals surface area (Å²) >= 11 is 0. The molecule has 6 heteroatoms. The predicted octanol–water partition coefficient (Wildman–Crippen LogP) is 2.77. The van der Waals surface area contributed by atoms with Crippen LogP contribution in [0, 0.1) is 0 Å². The Morgan fingerprint density at radius 3 is 2.88 bits per heavy atom. The smallest absolute Gasteiger partial charge is 0.245 e. The van der Waals surface area contributed by atoms with E-state index in [0.717, 1.165) is 49.4 Å². The van der Waals surface area contributed by atoms with Gasteiger partial charge in [0.1, 0.15) is 17.7 Å². The third kappa shape index (κ3) is 3.89. The Morgan fingerprint density at radius 2 is 2.16 bits per heavy atom. The minimum absolute atomic E-state index is 0.154. The summed E-state index contributed by atoms with van der Waals surface area (Å²) < 4.78 is 2.11. The highest BCUT2D eigenvalue weighted by atomic mass is 16.2. The van der Waals surface area contributed by atoms with Crippen LogP contribution in [-0.4, -0.2) is 44.1 Å². The third-order valence-corrected chi connectivity index (χ3v) is 4.84. The molecule has 3 heterocycles. The maximum absolute atomic E-state index is 13.1. The lowest BCUT2D eigenvalue weighted by molar-refractivity contribution is -0.133. The standard InChI is InChI=1S/C19H27N5O/c1-14(2)18-22-21-17-10-5-4-9-16(24(17)18)19(25)23(3)13-11-15-8-6-7-12-20-15/h6-8,12,14,16H,4-5,9-11,13H2,1-3H3. The number of aromatic nitrogens is 4. The van der Waals surface area contributed by atoms with Gasteiger partial charge in [0.2, 0.25) is 5.91 Å². The normalized spacial score (nSPS) is 17.2.